The fraction of sp³-hybridized carbons (Fsp3) is 0.412. The van der Waals surface area contributed by atoms with Gasteiger partial charge in [0.05, 0.1) is 41.8 Å². The fourth-order valence-corrected chi connectivity index (χ4v) is 2.68. The molecular formula is C17H17F5N4O. The summed E-state index contributed by atoms with van der Waals surface area (Å²) in [4.78, 5) is 12.3. The van der Waals surface area contributed by atoms with Crippen LogP contribution in [-0.2, 0) is 6.18 Å². The van der Waals surface area contributed by atoms with Crippen LogP contribution in [0.1, 0.15) is 40.4 Å². The molecule has 10 heteroatoms. The summed E-state index contributed by atoms with van der Waals surface area (Å²) in [6.45, 7) is -1.84. The van der Waals surface area contributed by atoms with Gasteiger partial charge in [-0.15, -0.1) is 0 Å². The van der Waals surface area contributed by atoms with Gasteiger partial charge in [-0.05, 0) is 31.0 Å². The van der Waals surface area contributed by atoms with E-state index in [0.29, 0.717) is 5.69 Å². The number of alkyl halides is 5. The number of carbonyl (C=O) groups excluding carboxylic acids is 1. The predicted molar refractivity (Wildman–Crippen MR) is 86.9 cm³/mol. The zero-order valence-corrected chi connectivity index (χ0v) is 14.1. The smallest absolute Gasteiger partial charge is 0.346 e. The Hall–Kier alpha value is -2.49. The summed E-state index contributed by atoms with van der Waals surface area (Å²) in [6.07, 6.45) is -1.85. The van der Waals surface area contributed by atoms with Crippen molar-refractivity contribution in [2.24, 2.45) is 5.73 Å². The van der Waals surface area contributed by atoms with Crippen LogP contribution in [0.15, 0.2) is 30.5 Å². The number of rotatable bonds is 6. The summed E-state index contributed by atoms with van der Waals surface area (Å²) in [5.41, 5.74) is 4.74. The molecule has 0 unspecified atom stereocenters. The zero-order valence-electron chi connectivity index (χ0n) is 14.1. The summed E-state index contributed by atoms with van der Waals surface area (Å²) in [7, 11) is 0. The lowest BCUT2D eigenvalue weighted by Gasteiger charge is -2.15. The van der Waals surface area contributed by atoms with E-state index in [0.717, 1.165) is 25.0 Å². The largest absolute Gasteiger partial charge is 0.416 e. The Morgan fingerprint density at radius 1 is 1.26 bits per heavy atom. The molecule has 0 atom stereocenters. The number of carbonyl (C=O) groups is 1. The molecule has 1 heterocycles. The molecule has 3 rings (SSSR count). The molecule has 1 amide bonds. The minimum Gasteiger partial charge on any atom is -0.346 e. The molecule has 0 spiro atoms. The molecule has 0 bridgehead atoms. The lowest BCUT2D eigenvalue weighted by atomic mass is 10.1. The molecule has 0 saturated heterocycles. The second-order valence-corrected chi connectivity index (χ2v) is 6.42. The number of halogens is 5. The normalized spacial score (nSPS) is 15.0. The topological polar surface area (TPSA) is 72.9 Å². The molecule has 1 fully saturated rings. The second-order valence-electron chi connectivity index (χ2n) is 6.42. The second kappa shape index (κ2) is 6.91. The van der Waals surface area contributed by atoms with Crippen LogP contribution in [0, 0.1) is 0 Å². The molecule has 3 N–H and O–H groups in total. The summed E-state index contributed by atoms with van der Waals surface area (Å²) < 4.78 is 66.7. The highest BCUT2D eigenvalue weighted by molar-refractivity contribution is 5.95. The molecule has 2 aromatic rings. The highest BCUT2D eigenvalue weighted by Gasteiger charge is 2.35. The van der Waals surface area contributed by atoms with Gasteiger partial charge in [-0.2, -0.15) is 18.3 Å². The van der Waals surface area contributed by atoms with E-state index >= 15 is 0 Å². The number of nitrogens with zero attached hydrogens (tertiary/aromatic N) is 2. The van der Waals surface area contributed by atoms with Crippen LogP contribution in [0.2, 0.25) is 0 Å². The third-order valence-corrected chi connectivity index (χ3v) is 4.24. The monoisotopic (exact) mass is 388 g/mol. The Kier molecular flexibility index (Phi) is 4.94. The molecule has 1 aromatic heterocycles. The van der Waals surface area contributed by atoms with E-state index in [4.69, 9.17) is 5.73 Å². The minimum atomic E-state index is -4.52. The summed E-state index contributed by atoms with van der Waals surface area (Å²) >= 11 is 0. The van der Waals surface area contributed by atoms with Gasteiger partial charge in [0.2, 0.25) is 0 Å². The Labute approximate surface area is 151 Å². The number of aromatic nitrogens is 2. The number of nitrogens with two attached hydrogens (primary N) is 1. The van der Waals surface area contributed by atoms with Crippen molar-refractivity contribution in [2.75, 3.05) is 13.1 Å². The Balaban J connectivity index is 1.92. The molecular weight excluding hydrogens is 371 g/mol. The Morgan fingerprint density at radius 3 is 2.56 bits per heavy atom. The Bertz CT molecular complexity index is 842. The van der Waals surface area contributed by atoms with Gasteiger partial charge < -0.3 is 11.1 Å². The van der Waals surface area contributed by atoms with Gasteiger partial charge >= 0.3 is 6.18 Å². The van der Waals surface area contributed by atoms with Crippen molar-refractivity contribution < 1.29 is 26.7 Å². The average molecular weight is 388 g/mol. The van der Waals surface area contributed by atoms with E-state index in [1.54, 1.807) is 0 Å². The lowest BCUT2D eigenvalue weighted by Crippen LogP contribution is -2.41. The molecule has 146 valence electrons. The van der Waals surface area contributed by atoms with Crippen molar-refractivity contribution in [3.63, 3.8) is 0 Å². The van der Waals surface area contributed by atoms with Crippen molar-refractivity contribution in [1.82, 2.24) is 15.1 Å². The molecule has 1 saturated carbocycles. The molecule has 5 nitrogen and oxygen atoms in total. The molecule has 27 heavy (non-hydrogen) atoms. The molecule has 0 aliphatic heterocycles. The van der Waals surface area contributed by atoms with Crippen LogP contribution in [0.4, 0.5) is 22.0 Å². The van der Waals surface area contributed by atoms with Crippen molar-refractivity contribution in [3.8, 4) is 5.69 Å². The van der Waals surface area contributed by atoms with Crippen LogP contribution in [0.3, 0.4) is 0 Å². The van der Waals surface area contributed by atoms with Crippen LogP contribution in [0.5, 0.6) is 0 Å². The van der Waals surface area contributed by atoms with Gasteiger partial charge in [-0.3, -0.25) is 4.79 Å². The summed E-state index contributed by atoms with van der Waals surface area (Å²) in [5.74, 6) is -4.06. The van der Waals surface area contributed by atoms with Gasteiger partial charge in [-0.25, -0.2) is 13.5 Å². The third kappa shape index (κ3) is 4.26. The Morgan fingerprint density at radius 2 is 1.96 bits per heavy atom. The number of nitrogens with one attached hydrogen (secondary N) is 1. The van der Waals surface area contributed by atoms with E-state index in [1.807, 2.05) is 0 Å². The number of hydrogen-bond acceptors (Lipinski definition) is 3. The highest BCUT2D eigenvalue weighted by atomic mass is 19.4. The van der Waals surface area contributed by atoms with Crippen LogP contribution in [0.25, 0.3) is 5.69 Å². The van der Waals surface area contributed by atoms with E-state index in [9.17, 15) is 26.7 Å². The molecule has 1 aliphatic carbocycles. The van der Waals surface area contributed by atoms with Crippen LogP contribution < -0.4 is 11.1 Å². The number of hydrogen-bond donors (Lipinski definition) is 2. The van der Waals surface area contributed by atoms with Crippen molar-refractivity contribution in [3.05, 3.63) is 47.3 Å². The van der Waals surface area contributed by atoms with Crippen molar-refractivity contribution in [1.29, 1.82) is 0 Å². The maximum absolute atomic E-state index is 13.3. The first kappa shape index (κ1) is 19.3. The minimum absolute atomic E-state index is 0.0576. The van der Waals surface area contributed by atoms with E-state index < -0.39 is 36.7 Å². The van der Waals surface area contributed by atoms with Crippen molar-refractivity contribution >= 4 is 5.91 Å². The lowest BCUT2D eigenvalue weighted by molar-refractivity contribution is -0.137. The van der Waals surface area contributed by atoms with Crippen LogP contribution >= 0.6 is 0 Å². The standard InChI is InChI=1S/C17H17F5N4O/c18-16(19,8-23)9-24-15(27)13-7-25-26(14(13)10-4-5-10)12-3-1-2-11(6-12)17(20,21)22/h1-3,6-7,10H,4-5,8-9,23H2,(H,24,27). The van der Waals surface area contributed by atoms with Crippen molar-refractivity contribution in [2.45, 2.75) is 30.9 Å². The highest BCUT2D eigenvalue weighted by Crippen LogP contribution is 2.42. The van der Waals surface area contributed by atoms with E-state index in [1.165, 1.54) is 23.0 Å². The van der Waals surface area contributed by atoms with Gasteiger partial charge in [0.25, 0.3) is 11.8 Å². The van der Waals surface area contributed by atoms with E-state index in [-0.39, 0.29) is 17.2 Å². The first-order chi connectivity index (χ1) is 12.6. The molecule has 0 radical (unpaired) electrons. The van der Waals surface area contributed by atoms with E-state index in [2.05, 4.69) is 10.4 Å². The number of benzene rings is 1. The zero-order chi connectivity index (χ0) is 19.8. The third-order valence-electron chi connectivity index (χ3n) is 4.24. The molecule has 1 aliphatic rings. The van der Waals surface area contributed by atoms with Crippen LogP contribution in [-0.4, -0.2) is 34.7 Å². The summed E-state index contributed by atoms with van der Waals surface area (Å²) in [6, 6.07) is 4.56. The van der Waals surface area contributed by atoms with Gasteiger partial charge in [0.15, 0.2) is 0 Å². The predicted octanol–water partition coefficient (Wildman–Crippen LogP) is 3.09. The first-order valence-electron chi connectivity index (χ1n) is 8.24. The van der Waals surface area contributed by atoms with Gasteiger partial charge in [-0.1, -0.05) is 6.07 Å². The van der Waals surface area contributed by atoms with Gasteiger partial charge in [0.1, 0.15) is 0 Å². The SMILES string of the molecule is NCC(F)(F)CNC(=O)c1cnn(-c2cccc(C(F)(F)F)c2)c1C1CC1. The summed E-state index contributed by atoms with van der Waals surface area (Å²) in [5, 5.41) is 6.14. The number of amides is 1. The molecule has 1 aromatic carbocycles. The fourth-order valence-electron chi connectivity index (χ4n) is 2.68. The first-order valence-corrected chi connectivity index (χ1v) is 8.24. The maximum atomic E-state index is 13.3. The maximum Gasteiger partial charge on any atom is 0.416 e. The van der Waals surface area contributed by atoms with Gasteiger partial charge in [0, 0.05) is 5.92 Å². The average Bonchev–Trinajstić information content (AvgIpc) is 3.37. The quantitative estimate of drug-likeness (QED) is 0.747.